The number of hydrogen-bond acceptors (Lipinski definition) is 3. The molecular weight excluding hydrogens is 268 g/mol. The average Bonchev–Trinajstić information content (AvgIpc) is 2.79. The Labute approximate surface area is 121 Å². The van der Waals surface area contributed by atoms with Gasteiger partial charge in [-0.25, -0.2) is 0 Å². The highest BCUT2D eigenvalue weighted by molar-refractivity contribution is 6.06. The Morgan fingerprint density at radius 3 is 2.38 bits per heavy atom. The van der Waals surface area contributed by atoms with Gasteiger partial charge in [0.15, 0.2) is 0 Å². The highest BCUT2D eigenvalue weighted by Gasteiger charge is 2.30. The van der Waals surface area contributed by atoms with Crippen LogP contribution in [-0.4, -0.2) is 29.2 Å². The molecule has 0 spiro atoms. The Hall–Kier alpha value is -2.69. The molecule has 1 saturated heterocycles. The molecule has 0 aliphatic carbocycles. The molecule has 0 unspecified atom stereocenters. The number of hydrogen-bond donors (Lipinski definition) is 1. The van der Waals surface area contributed by atoms with Crippen molar-refractivity contribution in [3.05, 3.63) is 42.5 Å². The Bertz CT molecular complexity index is 723. The van der Waals surface area contributed by atoms with Gasteiger partial charge in [-0.3, -0.25) is 19.3 Å². The third kappa shape index (κ3) is 2.76. The van der Waals surface area contributed by atoms with Crippen LogP contribution in [0.25, 0.3) is 10.8 Å². The van der Waals surface area contributed by atoms with Crippen LogP contribution in [0.1, 0.15) is 12.8 Å². The molecule has 0 atom stereocenters. The summed E-state index contributed by atoms with van der Waals surface area (Å²) < 4.78 is 0. The number of benzene rings is 2. The van der Waals surface area contributed by atoms with Crippen molar-refractivity contribution in [1.29, 1.82) is 0 Å². The number of fused-ring (bicyclic) bond motifs is 1. The first-order chi connectivity index (χ1) is 10.1. The largest absolute Gasteiger partial charge is 0.325 e. The lowest BCUT2D eigenvalue weighted by molar-refractivity contribution is -0.141. The van der Waals surface area contributed by atoms with Gasteiger partial charge < -0.3 is 5.32 Å². The third-order valence-electron chi connectivity index (χ3n) is 3.49. The number of rotatable bonds is 3. The predicted molar refractivity (Wildman–Crippen MR) is 78.5 cm³/mol. The lowest BCUT2D eigenvalue weighted by Crippen LogP contribution is -2.36. The van der Waals surface area contributed by atoms with Crippen LogP contribution in [0.4, 0.5) is 5.69 Å². The van der Waals surface area contributed by atoms with Gasteiger partial charge in [-0.05, 0) is 22.9 Å². The van der Waals surface area contributed by atoms with E-state index in [0.29, 0.717) is 5.69 Å². The van der Waals surface area contributed by atoms with E-state index in [-0.39, 0.29) is 37.1 Å². The Morgan fingerprint density at radius 2 is 1.67 bits per heavy atom. The van der Waals surface area contributed by atoms with Crippen molar-refractivity contribution < 1.29 is 14.4 Å². The van der Waals surface area contributed by atoms with Gasteiger partial charge in [0.25, 0.3) is 0 Å². The standard InChI is InChI=1S/C16H14N2O3/c19-14(10-18-15(20)7-8-16(18)21)17-13-6-5-11-3-1-2-4-12(11)9-13/h1-6,9H,7-8,10H2,(H,17,19). The summed E-state index contributed by atoms with van der Waals surface area (Å²) in [5, 5.41) is 4.82. The topological polar surface area (TPSA) is 66.5 Å². The van der Waals surface area contributed by atoms with Crippen LogP contribution in [-0.2, 0) is 14.4 Å². The fourth-order valence-corrected chi connectivity index (χ4v) is 2.41. The molecule has 5 nitrogen and oxygen atoms in total. The number of amides is 3. The molecule has 2 aromatic carbocycles. The van der Waals surface area contributed by atoms with Gasteiger partial charge in [-0.15, -0.1) is 0 Å². The van der Waals surface area contributed by atoms with Crippen LogP contribution in [0.5, 0.6) is 0 Å². The first kappa shape index (κ1) is 13.3. The summed E-state index contributed by atoms with van der Waals surface area (Å²) in [5.41, 5.74) is 0.651. The quantitative estimate of drug-likeness (QED) is 0.875. The van der Waals surface area contributed by atoms with E-state index >= 15 is 0 Å². The maximum Gasteiger partial charge on any atom is 0.244 e. The van der Waals surface area contributed by atoms with Crippen LogP contribution in [0.2, 0.25) is 0 Å². The number of imide groups is 1. The molecule has 0 radical (unpaired) electrons. The van der Waals surface area contributed by atoms with Gasteiger partial charge >= 0.3 is 0 Å². The van der Waals surface area contributed by atoms with Crippen molar-refractivity contribution >= 4 is 34.2 Å². The van der Waals surface area contributed by atoms with Crippen molar-refractivity contribution in [1.82, 2.24) is 4.90 Å². The molecular formula is C16H14N2O3. The first-order valence-corrected chi connectivity index (χ1v) is 6.75. The molecule has 1 aliphatic heterocycles. The van der Waals surface area contributed by atoms with E-state index in [1.165, 1.54) is 0 Å². The van der Waals surface area contributed by atoms with Crippen molar-refractivity contribution in [2.75, 3.05) is 11.9 Å². The summed E-state index contributed by atoms with van der Waals surface area (Å²) in [6, 6.07) is 13.4. The van der Waals surface area contributed by atoms with E-state index in [9.17, 15) is 14.4 Å². The van der Waals surface area contributed by atoms with Gasteiger partial charge in [0.2, 0.25) is 17.7 Å². The first-order valence-electron chi connectivity index (χ1n) is 6.75. The lowest BCUT2D eigenvalue weighted by atomic mass is 10.1. The normalized spacial score (nSPS) is 14.8. The number of carbonyl (C=O) groups is 3. The van der Waals surface area contributed by atoms with E-state index in [1.807, 2.05) is 36.4 Å². The maximum atomic E-state index is 11.9. The summed E-state index contributed by atoms with van der Waals surface area (Å²) in [7, 11) is 0. The van der Waals surface area contributed by atoms with Crippen molar-refractivity contribution in [3.63, 3.8) is 0 Å². The molecule has 1 aliphatic rings. The molecule has 1 heterocycles. The molecule has 0 saturated carbocycles. The Morgan fingerprint density at radius 1 is 1.00 bits per heavy atom. The van der Waals surface area contributed by atoms with Gasteiger partial charge in [-0.2, -0.15) is 0 Å². The fraction of sp³-hybridized carbons (Fsp3) is 0.188. The maximum absolute atomic E-state index is 11.9. The minimum absolute atomic E-state index is 0.197. The van der Waals surface area contributed by atoms with E-state index in [2.05, 4.69) is 5.32 Å². The molecule has 0 aromatic heterocycles. The zero-order valence-corrected chi connectivity index (χ0v) is 11.3. The van der Waals surface area contributed by atoms with Gasteiger partial charge in [0.1, 0.15) is 6.54 Å². The summed E-state index contributed by atoms with van der Waals surface area (Å²) in [5.74, 6) is -0.934. The summed E-state index contributed by atoms with van der Waals surface area (Å²) >= 11 is 0. The zero-order valence-electron chi connectivity index (χ0n) is 11.3. The van der Waals surface area contributed by atoms with E-state index < -0.39 is 0 Å². The Balaban J connectivity index is 1.71. The molecule has 21 heavy (non-hydrogen) atoms. The summed E-state index contributed by atoms with van der Waals surface area (Å²) in [6.45, 7) is -0.218. The monoisotopic (exact) mass is 282 g/mol. The molecule has 1 N–H and O–H groups in total. The predicted octanol–water partition coefficient (Wildman–Crippen LogP) is 1.93. The second-order valence-electron chi connectivity index (χ2n) is 4.98. The van der Waals surface area contributed by atoms with Gasteiger partial charge in [-0.1, -0.05) is 30.3 Å². The van der Waals surface area contributed by atoms with Gasteiger partial charge in [0, 0.05) is 18.5 Å². The molecule has 1 fully saturated rings. The Kier molecular flexibility index (Phi) is 3.39. The minimum atomic E-state index is -0.367. The number of nitrogens with zero attached hydrogens (tertiary/aromatic N) is 1. The highest BCUT2D eigenvalue weighted by atomic mass is 16.2. The summed E-state index contributed by atoms with van der Waals surface area (Å²) in [6.07, 6.45) is 0.393. The number of anilines is 1. The van der Waals surface area contributed by atoms with Crippen LogP contribution >= 0.6 is 0 Å². The fourth-order valence-electron chi connectivity index (χ4n) is 2.41. The number of nitrogens with one attached hydrogen (secondary N) is 1. The van der Waals surface area contributed by atoms with Crippen LogP contribution < -0.4 is 5.32 Å². The highest BCUT2D eigenvalue weighted by Crippen LogP contribution is 2.19. The van der Waals surface area contributed by atoms with Crippen LogP contribution in [0.15, 0.2) is 42.5 Å². The zero-order chi connectivity index (χ0) is 14.8. The molecule has 3 rings (SSSR count). The molecule has 106 valence electrons. The molecule has 3 amide bonds. The molecule has 2 aromatic rings. The van der Waals surface area contributed by atoms with Crippen LogP contribution in [0, 0.1) is 0 Å². The number of carbonyl (C=O) groups excluding carboxylic acids is 3. The third-order valence-corrected chi connectivity index (χ3v) is 3.49. The smallest absolute Gasteiger partial charge is 0.244 e. The second-order valence-corrected chi connectivity index (χ2v) is 4.98. The SMILES string of the molecule is O=C(CN1C(=O)CCC1=O)Nc1ccc2ccccc2c1. The van der Waals surface area contributed by atoms with E-state index in [1.54, 1.807) is 6.07 Å². The van der Waals surface area contributed by atoms with Crippen LogP contribution in [0.3, 0.4) is 0 Å². The lowest BCUT2D eigenvalue weighted by Gasteiger charge is -2.13. The van der Waals surface area contributed by atoms with Crippen molar-refractivity contribution in [2.45, 2.75) is 12.8 Å². The van der Waals surface area contributed by atoms with Gasteiger partial charge in [0.05, 0.1) is 0 Å². The second kappa shape index (κ2) is 5.36. The summed E-state index contributed by atoms with van der Waals surface area (Å²) in [4.78, 5) is 35.9. The van der Waals surface area contributed by atoms with E-state index in [4.69, 9.17) is 0 Å². The molecule has 0 bridgehead atoms. The van der Waals surface area contributed by atoms with Crippen molar-refractivity contribution in [2.24, 2.45) is 0 Å². The van der Waals surface area contributed by atoms with Crippen molar-refractivity contribution in [3.8, 4) is 0 Å². The van der Waals surface area contributed by atoms with E-state index in [0.717, 1.165) is 15.7 Å². The minimum Gasteiger partial charge on any atom is -0.325 e. The number of likely N-dealkylation sites (tertiary alicyclic amines) is 1. The average molecular weight is 282 g/mol. The molecule has 5 heteroatoms.